The average molecular weight is 148 g/mol. The second-order valence-electron chi connectivity index (χ2n) is 2.61. The van der Waals surface area contributed by atoms with Crippen LogP contribution in [-0.2, 0) is 9.53 Å². The van der Waals surface area contributed by atoms with Crippen molar-refractivity contribution in [3.05, 3.63) is 36.5 Å². The second-order valence-corrected chi connectivity index (χ2v) is 2.61. The number of carbonyl (C=O) groups is 1. The highest BCUT2D eigenvalue weighted by molar-refractivity contribution is 5.83. The van der Waals surface area contributed by atoms with Crippen LogP contribution in [0.25, 0.3) is 0 Å². The number of hydrogen-bond donors (Lipinski definition) is 0. The molecule has 0 fully saturated rings. The molecule has 56 valence electrons. The van der Waals surface area contributed by atoms with E-state index in [1.807, 2.05) is 30.4 Å². The molecule has 0 aromatic rings. The Hall–Kier alpha value is -1.31. The molecule has 1 aliphatic heterocycles. The minimum Gasteiger partial charge on any atom is -0.454 e. The Bertz CT molecular complexity index is 261. The average Bonchev–Trinajstić information content (AvgIpc) is 2.04. The molecule has 0 spiro atoms. The molecule has 0 aromatic heterocycles. The van der Waals surface area contributed by atoms with Crippen molar-refractivity contribution in [1.29, 1.82) is 0 Å². The first-order valence-corrected chi connectivity index (χ1v) is 3.60. The maximum absolute atomic E-state index is 10.8. The van der Waals surface area contributed by atoms with Crippen LogP contribution in [0, 0.1) is 5.92 Å². The minimum absolute atomic E-state index is 0.0718. The van der Waals surface area contributed by atoms with Gasteiger partial charge < -0.3 is 4.74 Å². The highest BCUT2D eigenvalue weighted by Crippen LogP contribution is 2.20. The van der Waals surface area contributed by atoms with E-state index in [0.29, 0.717) is 0 Å². The molecule has 0 bridgehead atoms. The van der Waals surface area contributed by atoms with Gasteiger partial charge in [0, 0.05) is 12.0 Å². The Labute approximate surface area is 64.9 Å². The van der Waals surface area contributed by atoms with E-state index in [2.05, 4.69) is 0 Å². The molecule has 0 saturated carbocycles. The molecule has 0 radical (unpaired) electrons. The van der Waals surface area contributed by atoms with E-state index in [-0.39, 0.29) is 18.0 Å². The molecule has 11 heavy (non-hydrogen) atoms. The third kappa shape index (κ3) is 1.11. The Morgan fingerprint density at radius 1 is 1.18 bits per heavy atom. The zero-order chi connectivity index (χ0) is 7.68. The molecule has 2 atom stereocenters. The van der Waals surface area contributed by atoms with Crippen molar-refractivity contribution < 1.29 is 9.53 Å². The van der Waals surface area contributed by atoms with Crippen LogP contribution in [-0.4, -0.2) is 12.1 Å². The van der Waals surface area contributed by atoms with Gasteiger partial charge in [-0.05, 0) is 6.08 Å². The Balaban J connectivity index is 2.26. The van der Waals surface area contributed by atoms with Gasteiger partial charge in [0.25, 0.3) is 0 Å². The van der Waals surface area contributed by atoms with Crippen molar-refractivity contribution in [1.82, 2.24) is 0 Å². The summed E-state index contributed by atoms with van der Waals surface area (Å²) in [5.41, 5.74) is 0. The van der Waals surface area contributed by atoms with Crippen LogP contribution >= 0.6 is 0 Å². The SMILES string of the molecule is O=C1C=C[C@H]2C=CC=C[C@@H]2O1. The number of ether oxygens (including phenoxy) is 1. The standard InChI is InChI=1S/C9H8O2/c10-9-6-5-7-3-1-2-4-8(7)11-9/h1-8H/t7-,8+/m1/s1. The molecule has 1 heterocycles. The summed E-state index contributed by atoms with van der Waals surface area (Å²) in [5, 5.41) is 0. The quantitative estimate of drug-likeness (QED) is 0.482. The van der Waals surface area contributed by atoms with Gasteiger partial charge in [-0.15, -0.1) is 0 Å². The molecule has 1 aliphatic carbocycles. The first kappa shape index (κ1) is 6.40. The predicted octanol–water partition coefficient (Wildman–Crippen LogP) is 1.21. The molecule has 2 nitrogen and oxygen atoms in total. The maximum atomic E-state index is 10.8. The summed E-state index contributed by atoms with van der Waals surface area (Å²) in [6, 6.07) is 0. The van der Waals surface area contributed by atoms with Crippen LogP contribution < -0.4 is 0 Å². The predicted molar refractivity (Wildman–Crippen MR) is 40.8 cm³/mol. The van der Waals surface area contributed by atoms with E-state index in [1.165, 1.54) is 6.08 Å². The normalized spacial score (nSPS) is 33.3. The van der Waals surface area contributed by atoms with Gasteiger partial charge in [0.15, 0.2) is 0 Å². The van der Waals surface area contributed by atoms with Gasteiger partial charge in [-0.3, -0.25) is 0 Å². The number of hydrogen-bond acceptors (Lipinski definition) is 2. The Morgan fingerprint density at radius 2 is 2.00 bits per heavy atom. The summed E-state index contributed by atoms with van der Waals surface area (Å²) in [6.07, 6.45) is 11.1. The van der Waals surface area contributed by atoms with Gasteiger partial charge in [-0.1, -0.05) is 24.3 Å². The topological polar surface area (TPSA) is 26.3 Å². The van der Waals surface area contributed by atoms with Crippen LogP contribution in [0.3, 0.4) is 0 Å². The minimum atomic E-state index is -0.244. The summed E-state index contributed by atoms with van der Waals surface area (Å²) >= 11 is 0. The van der Waals surface area contributed by atoms with E-state index >= 15 is 0 Å². The molecule has 0 aromatic carbocycles. The van der Waals surface area contributed by atoms with Gasteiger partial charge in [-0.25, -0.2) is 4.79 Å². The smallest absolute Gasteiger partial charge is 0.331 e. The summed E-state index contributed by atoms with van der Waals surface area (Å²) in [5.74, 6) is 0.00361. The van der Waals surface area contributed by atoms with Crippen LogP contribution in [0.5, 0.6) is 0 Å². The molecule has 0 N–H and O–H groups in total. The fraction of sp³-hybridized carbons (Fsp3) is 0.222. The number of fused-ring (bicyclic) bond motifs is 1. The second kappa shape index (κ2) is 2.38. The molecule has 0 saturated heterocycles. The third-order valence-electron chi connectivity index (χ3n) is 1.83. The van der Waals surface area contributed by atoms with Crippen molar-refractivity contribution >= 4 is 5.97 Å². The zero-order valence-electron chi connectivity index (χ0n) is 5.94. The Morgan fingerprint density at radius 3 is 2.91 bits per heavy atom. The maximum Gasteiger partial charge on any atom is 0.331 e. The van der Waals surface area contributed by atoms with Crippen molar-refractivity contribution in [2.45, 2.75) is 6.10 Å². The highest BCUT2D eigenvalue weighted by atomic mass is 16.5. The zero-order valence-corrected chi connectivity index (χ0v) is 5.94. The summed E-state index contributed by atoms with van der Waals surface area (Å²) < 4.78 is 5.03. The lowest BCUT2D eigenvalue weighted by molar-refractivity contribution is -0.143. The van der Waals surface area contributed by atoms with Gasteiger partial charge >= 0.3 is 5.97 Å². The van der Waals surface area contributed by atoms with Crippen molar-refractivity contribution in [3.8, 4) is 0 Å². The summed E-state index contributed by atoms with van der Waals surface area (Å²) in [6.45, 7) is 0. The van der Waals surface area contributed by atoms with Crippen LogP contribution in [0.2, 0.25) is 0 Å². The lowest BCUT2D eigenvalue weighted by Crippen LogP contribution is -2.26. The fourth-order valence-electron chi connectivity index (χ4n) is 1.26. The van der Waals surface area contributed by atoms with Crippen molar-refractivity contribution in [2.75, 3.05) is 0 Å². The monoisotopic (exact) mass is 148 g/mol. The number of esters is 1. The summed E-state index contributed by atoms with van der Waals surface area (Å²) in [7, 11) is 0. The van der Waals surface area contributed by atoms with E-state index < -0.39 is 0 Å². The molecule has 0 amide bonds. The lowest BCUT2D eigenvalue weighted by Gasteiger charge is -2.23. The molecule has 2 heteroatoms. The first-order valence-electron chi connectivity index (χ1n) is 3.60. The van der Waals surface area contributed by atoms with Gasteiger partial charge in [0.05, 0.1) is 0 Å². The van der Waals surface area contributed by atoms with Crippen LogP contribution in [0.15, 0.2) is 36.5 Å². The molecule has 0 unspecified atom stereocenters. The number of carbonyl (C=O) groups excluding carboxylic acids is 1. The first-order chi connectivity index (χ1) is 5.36. The van der Waals surface area contributed by atoms with E-state index in [0.717, 1.165) is 0 Å². The van der Waals surface area contributed by atoms with Crippen molar-refractivity contribution in [3.63, 3.8) is 0 Å². The van der Waals surface area contributed by atoms with E-state index in [4.69, 9.17) is 4.74 Å². The van der Waals surface area contributed by atoms with Gasteiger partial charge in [-0.2, -0.15) is 0 Å². The molecule has 2 aliphatic rings. The molecule has 2 rings (SSSR count). The third-order valence-corrected chi connectivity index (χ3v) is 1.83. The lowest BCUT2D eigenvalue weighted by atomic mass is 9.95. The number of rotatable bonds is 0. The van der Waals surface area contributed by atoms with Gasteiger partial charge in [0.2, 0.25) is 0 Å². The highest BCUT2D eigenvalue weighted by Gasteiger charge is 2.23. The van der Waals surface area contributed by atoms with Crippen LogP contribution in [0.1, 0.15) is 0 Å². The van der Waals surface area contributed by atoms with E-state index in [9.17, 15) is 4.79 Å². The van der Waals surface area contributed by atoms with E-state index in [1.54, 1.807) is 0 Å². The largest absolute Gasteiger partial charge is 0.454 e. The number of allylic oxidation sites excluding steroid dienone is 2. The molecular weight excluding hydrogens is 140 g/mol. The molecular formula is C9H8O2. The Kier molecular flexibility index (Phi) is 1.39. The van der Waals surface area contributed by atoms with Crippen LogP contribution in [0.4, 0.5) is 0 Å². The fourth-order valence-corrected chi connectivity index (χ4v) is 1.26. The summed E-state index contributed by atoms with van der Waals surface area (Å²) in [4.78, 5) is 10.8. The van der Waals surface area contributed by atoms with Gasteiger partial charge in [0.1, 0.15) is 6.10 Å². The van der Waals surface area contributed by atoms with Crippen molar-refractivity contribution in [2.24, 2.45) is 5.92 Å².